The number of likely N-dealkylation sites (tertiary alicyclic amines) is 1. The van der Waals surface area contributed by atoms with Crippen LogP contribution in [-0.2, 0) is 4.79 Å². The van der Waals surface area contributed by atoms with Crippen LogP contribution in [0, 0.1) is 12.8 Å². The lowest BCUT2D eigenvalue weighted by Gasteiger charge is -2.33. The number of aryl methyl sites for hydroxylation is 1. The van der Waals surface area contributed by atoms with Crippen molar-refractivity contribution in [3.63, 3.8) is 0 Å². The Hall–Kier alpha value is -2.04. The Bertz CT molecular complexity index is 556. The molecule has 0 spiro atoms. The highest BCUT2D eigenvalue weighted by Gasteiger charge is 2.25. The third kappa shape index (κ3) is 4.00. The first-order chi connectivity index (χ1) is 10.5. The smallest absolute Gasteiger partial charge is 0.303 e. The van der Waals surface area contributed by atoms with Crippen LogP contribution in [0.25, 0.3) is 0 Å². The number of nitrogens with zero attached hydrogens (tertiary/aromatic N) is 1. The fraction of sp³-hybridized carbons (Fsp3) is 0.529. The van der Waals surface area contributed by atoms with E-state index in [2.05, 4.69) is 0 Å². The van der Waals surface area contributed by atoms with Gasteiger partial charge in [0.25, 0.3) is 5.91 Å². The van der Waals surface area contributed by atoms with E-state index in [9.17, 15) is 9.59 Å². The summed E-state index contributed by atoms with van der Waals surface area (Å²) < 4.78 is 5.17. The molecule has 1 fully saturated rings. The van der Waals surface area contributed by atoms with E-state index in [1.54, 1.807) is 19.2 Å². The Labute approximate surface area is 130 Å². The third-order valence-corrected chi connectivity index (χ3v) is 4.24. The molecule has 5 heteroatoms. The first-order valence-electron chi connectivity index (χ1n) is 7.67. The number of ether oxygens (including phenoxy) is 1. The summed E-state index contributed by atoms with van der Waals surface area (Å²) in [6.07, 6.45) is 2.75. The molecule has 0 radical (unpaired) electrons. The summed E-state index contributed by atoms with van der Waals surface area (Å²) >= 11 is 0. The Morgan fingerprint density at radius 2 is 2.18 bits per heavy atom. The van der Waals surface area contributed by atoms with Crippen LogP contribution in [-0.4, -0.2) is 42.1 Å². The molecule has 0 saturated carbocycles. The SMILES string of the molecule is COc1ccc(C(=O)N2CCCC(CCC(=O)O)C2)c(C)c1. The first-order valence-corrected chi connectivity index (χ1v) is 7.67. The maximum absolute atomic E-state index is 12.7. The molecule has 1 aromatic carbocycles. The highest BCUT2D eigenvalue weighted by atomic mass is 16.5. The second-order valence-corrected chi connectivity index (χ2v) is 5.87. The van der Waals surface area contributed by atoms with Gasteiger partial charge in [-0.2, -0.15) is 0 Å². The Balaban J connectivity index is 2.04. The molecule has 1 aliphatic rings. The first kappa shape index (κ1) is 16.3. The minimum Gasteiger partial charge on any atom is -0.497 e. The molecule has 22 heavy (non-hydrogen) atoms. The summed E-state index contributed by atoms with van der Waals surface area (Å²) in [5.74, 6) is 0.286. The van der Waals surface area contributed by atoms with Gasteiger partial charge < -0.3 is 14.7 Å². The number of rotatable bonds is 5. The highest BCUT2D eigenvalue weighted by molar-refractivity contribution is 5.95. The summed E-state index contributed by atoms with van der Waals surface area (Å²) in [6.45, 7) is 3.30. The van der Waals surface area contributed by atoms with Gasteiger partial charge in [-0.3, -0.25) is 9.59 Å². The molecule has 1 N–H and O–H groups in total. The Morgan fingerprint density at radius 3 is 2.82 bits per heavy atom. The number of hydrogen-bond acceptors (Lipinski definition) is 3. The normalized spacial score (nSPS) is 18.1. The number of carboxylic acid groups (broad SMARTS) is 1. The molecule has 0 aliphatic carbocycles. The summed E-state index contributed by atoms with van der Waals surface area (Å²) in [5, 5.41) is 8.79. The van der Waals surface area contributed by atoms with Crippen molar-refractivity contribution in [2.24, 2.45) is 5.92 Å². The van der Waals surface area contributed by atoms with Crippen LogP contribution in [0.5, 0.6) is 5.75 Å². The molecular weight excluding hydrogens is 282 g/mol. The molecule has 5 nitrogen and oxygen atoms in total. The van der Waals surface area contributed by atoms with E-state index in [4.69, 9.17) is 9.84 Å². The van der Waals surface area contributed by atoms with Crippen molar-refractivity contribution in [3.05, 3.63) is 29.3 Å². The maximum atomic E-state index is 12.7. The fourth-order valence-corrected chi connectivity index (χ4v) is 2.99. The predicted molar refractivity (Wildman–Crippen MR) is 83.2 cm³/mol. The van der Waals surface area contributed by atoms with E-state index < -0.39 is 5.97 Å². The topological polar surface area (TPSA) is 66.8 Å². The van der Waals surface area contributed by atoms with E-state index >= 15 is 0 Å². The number of methoxy groups -OCH3 is 1. The van der Waals surface area contributed by atoms with Crippen molar-refractivity contribution in [1.29, 1.82) is 0 Å². The molecule has 1 heterocycles. The van der Waals surface area contributed by atoms with Crippen LogP contribution in [0.2, 0.25) is 0 Å². The number of amides is 1. The molecular formula is C17H23NO4. The molecule has 2 rings (SSSR count). The van der Waals surface area contributed by atoms with Gasteiger partial charge in [0, 0.05) is 25.1 Å². The van der Waals surface area contributed by atoms with Gasteiger partial charge in [0.05, 0.1) is 7.11 Å². The largest absolute Gasteiger partial charge is 0.497 e. The number of hydrogen-bond donors (Lipinski definition) is 1. The lowest BCUT2D eigenvalue weighted by Crippen LogP contribution is -2.40. The van der Waals surface area contributed by atoms with E-state index in [1.807, 2.05) is 17.9 Å². The Morgan fingerprint density at radius 1 is 1.41 bits per heavy atom. The zero-order chi connectivity index (χ0) is 16.1. The predicted octanol–water partition coefficient (Wildman–Crippen LogP) is 2.72. The van der Waals surface area contributed by atoms with Gasteiger partial charge in [-0.05, 0) is 55.9 Å². The van der Waals surface area contributed by atoms with Gasteiger partial charge in [-0.15, -0.1) is 0 Å². The van der Waals surface area contributed by atoms with Crippen LogP contribution in [0.4, 0.5) is 0 Å². The molecule has 0 aromatic heterocycles. The summed E-state index contributed by atoms with van der Waals surface area (Å²) in [7, 11) is 1.61. The quantitative estimate of drug-likeness (QED) is 0.908. The average molecular weight is 305 g/mol. The van der Waals surface area contributed by atoms with E-state index in [0.717, 1.165) is 30.7 Å². The van der Waals surface area contributed by atoms with Gasteiger partial charge in [0.15, 0.2) is 0 Å². The summed E-state index contributed by atoms with van der Waals surface area (Å²) in [5.41, 5.74) is 1.59. The second-order valence-electron chi connectivity index (χ2n) is 5.87. The molecule has 1 atom stereocenters. The Kier molecular flexibility index (Phi) is 5.41. The van der Waals surface area contributed by atoms with Gasteiger partial charge in [0.1, 0.15) is 5.75 Å². The summed E-state index contributed by atoms with van der Waals surface area (Å²) in [6, 6.07) is 5.46. The minimum absolute atomic E-state index is 0.0279. The van der Waals surface area contributed by atoms with Crippen molar-refractivity contribution in [1.82, 2.24) is 4.90 Å². The van der Waals surface area contributed by atoms with E-state index in [1.165, 1.54) is 0 Å². The number of benzene rings is 1. The zero-order valence-corrected chi connectivity index (χ0v) is 13.2. The molecule has 1 amide bonds. The van der Waals surface area contributed by atoms with Crippen molar-refractivity contribution < 1.29 is 19.4 Å². The zero-order valence-electron chi connectivity index (χ0n) is 13.2. The van der Waals surface area contributed by atoms with Gasteiger partial charge in [-0.1, -0.05) is 0 Å². The lowest BCUT2D eigenvalue weighted by molar-refractivity contribution is -0.137. The molecule has 1 aliphatic heterocycles. The number of carbonyl (C=O) groups excluding carboxylic acids is 1. The van der Waals surface area contributed by atoms with Crippen LogP contribution in [0.1, 0.15) is 41.6 Å². The van der Waals surface area contributed by atoms with Crippen LogP contribution in [0.3, 0.4) is 0 Å². The molecule has 0 bridgehead atoms. The van der Waals surface area contributed by atoms with Crippen LogP contribution in [0.15, 0.2) is 18.2 Å². The number of piperidine rings is 1. The molecule has 120 valence electrons. The van der Waals surface area contributed by atoms with Crippen molar-refractivity contribution in [3.8, 4) is 5.75 Å². The molecule has 1 unspecified atom stereocenters. The standard InChI is InChI=1S/C17H23NO4/c1-12-10-14(22-2)6-7-15(12)17(21)18-9-3-4-13(11-18)5-8-16(19)20/h6-7,10,13H,3-5,8-9,11H2,1-2H3,(H,19,20). The number of carboxylic acids is 1. The number of aliphatic carboxylic acids is 1. The maximum Gasteiger partial charge on any atom is 0.303 e. The summed E-state index contributed by atoms with van der Waals surface area (Å²) in [4.78, 5) is 25.2. The molecule has 1 saturated heterocycles. The van der Waals surface area contributed by atoms with Gasteiger partial charge >= 0.3 is 5.97 Å². The number of carbonyl (C=O) groups is 2. The highest BCUT2D eigenvalue weighted by Crippen LogP contribution is 2.24. The third-order valence-electron chi connectivity index (χ3n) is 4.24. The minimum atomic E-state index is -0.769. The van der Waals surface area contributed by atoms with Gasteiger partial charge in [-0.25, -0.2) is 0 Å². The van der Waals surface area contributed by atoms with Crippen LogP contribution >= 0.6 is 0 Å². The van der Waals surface area contributed by atoms with E-state index in [-0.39, 0.29) is 18.2 Å². The van der Waals surface area contributed by atoms with Crippen LogP contribution < -0.4 is 4.74 Å². The van der Waals surface area contributed by atoms with Crippen molar-refractivity contribution in [2.45, 2.75) is 32.6 Å². The monoisotopic (exact) mass is 305 g/mol. The molecule has 1 aromatic rings. The van der Waals surface area contributed by atoms with E-state index in [0.29, 0.717) is 18.5 Å². The second kappa shape index (κ2) is 7.29. The van der Waals surface area contributed by atoms with Crippen molar-refractivity contribution >= 4 is 11.9 Å². The fourth-order valence-electron chi connectivity index (χ4n) is 2.99. The average Bonchev–Trinajstić information content (AvgIpc) is 2.52. The van der Waals surface area contributed by atoms with Crippen molar-refractivity contribution in [2.75, 3.05) is 20.2 Å². The van der Waals surface area contributed by atoms with Gasteiger partial charge in [0.2, 0.25) is 0 Å². The lowest BCUT2D eigenvalue weighted by atomic mass is 9.92.